The molecule has 58 heavy (non-hydrogen) atoms. The Kier molecular flexibility index (Phi) is 7.07. The number of fused-ring (bicyclic) bond motifs is 11. The van der Waals surface area contributed by atoms with Gasteiger partial charge in [-0.1, -0.05) is 127 Å². The van der Waals surface area contributed by atoms with Gasteiger partial charge in [-0.15, -0.1) is 0 Å². The minimum absolute atomic E-state index is 0.427. The summed E-state index contributed by atoms with van der Waals surface area (Å²) in [6, 6.07) is 61.8. The first kappa shape index (κ1) is 32.8. The summed E-state index contributed by atoms with van der Waals surface area (Å²) in [5.41, 5.74) is 16.6. The molecule has 0 N–H and O–H groups in total. The molecular weight excluding hydrogens is 731 g/mol. The van der Waals surface area contributed by atoms with Crippen molar-refractivity contribution in [1.29, 1.82) is 0 Å². The standard InChI is InChI=1S/C52H29N3O2S/c1-53-37-23-25-47-45(30-37)55-51(57-47)36-27-34(26-35(28-36)50-54-44-14-6-7-15-46(44)56-50)32-20-18-31(19-21-32)33-22-24-39-38-10-2-3-11-40(38)52(43(39)29-33)41-12-4-8-16-48(41)58-49-17-9-5-13-42(49)52/h2-30H. The summed E-state index contributed by atoms with van der Waals surface area (Å²) in [6.45, 7) is 7.46. The molecule has 8 aromatic carbocycles. The molecule has 1 spiro atoms. The quantitative estimate of drug-likeness (QED) is 0.167. The highest BCUT2D eigenvalue weighted by Gasteiger charge is 2.50. The molecule has 1 aliphatic heterocycles. The highest BCUT2D eigenvalue weighted by atomic mass is 32.2. The van der Waals surface area contributed by atoms with Gasteiger partial charge in [0.15, 0.2) is 16.9 Å². The van der Waals surface area contributed by atoms with Gasteiger partial charge in [-0.2, -0.15) is 0 Å². The summed E-state index contributed by atoms with van der Waals surface area (Å²) in [5.74, 6) is 0.981. The molecule has 0 bridgehead atoms. The van der Waals surface area contributed by atoms with E-state index in [1.807, 2.05) is 42.1 Å². The molecule has 1 aliphatic carbocycles. The van der Waals surface area contributed by atoms with Gasteiger partial charge in [-0.25, -0.2) is 14.8 Å². The van der Waals surface area contributed by atoms with Crippen molar-refractivity contribution in [2.45, 2.75) is 15.2 Å². The summed E-state index contributed by atoms with van der Waals surface area (Å²) in [7, 11) is 0. The number of oxazole rings is 2. The molecule has 10 aromatic rings. The van der Waals surface area contributed by atoms with Crippen LogP contribution in [0, 0.1) is 6.57 Å². The van der Waals surface area contributed by atoms with Crippen molar-refractivity contribution in [3.63, 3.8) is 0 Å². The van der Waals surface area contributed by atoms with Crippen LogP contribution in [0.3, 0.4) is 0 Å². The van der Waals surface area contributed by atoms with Crippen LogP contribution in [0.5, 0.6) is 0 Å². The molecule has 0 atom stereocenters. The number of rotatable bonds is 4. The van der Waals surface area contributed by atoms with E-state index in [0.29, 0.717) is 28.6 Å². The maximum absolute atomic E-state index is 7.46. The molecular formula is C52H29N3O2S. The van der Waals surface area contributed by atoms with Gasteiger partial charge in [-0.05, 0) is 116 Å². The Labute approximate surface area is 338 Å². The van der Waals surface area contributed by atoms with E-state index < -0.39 is 5.41 Å². The molecule has 0 saturated heterocycles. The first-order valence-corrected chi connectivity index (χ1v) is 20.0. The van der Waals surface area contributed by atoms with Crippen LogP contribution in [0.1, 0.15) is 22.3 Å². The van der Waals surface area contributed by atoms with E-state index in [-0.39, 0.29) is 0 Å². The fourth-order valence-corrected chi connectivity index (χ4v) is 10.2. The van der Waals surface area contributed by atoms with E-state index in [1.165, 1.54) is 43.2 Å². The van der Waals surface area contributed by atoms with Gasteiger partial charge < -0.3 is 8.83 Å². The maximum Gasteiger partial charge on any atom is 0.227 e. The Hall–Kier alpha value is -7.46. The molecule has 5 nitrogen and oxygen atoms in total. The largest absolute Gasteiger partial charge is 0.436 e. The lowest BCUT2D eigenvalue weighted by Gasteiger charge is -2.39. The third kappa shape index (κ3) is 4.84. The zero-order valence-corrected chi connectivity index (χ0v) is 31.6. The molecule has 0 amide bonds. The highest BCUT2D eigenvalue weighted by Crippen LogP contribution is 2.62. The second-order valence-corrected chi connectivity index (χ2v) is 15.9. The number of benzene rings is 8. The van der Waals surface area contributed by atoms with Gasteiger partial charge in [0, 0.05) is 20.9 Å². The summed E-state index contributed by atoms with van der Waals surface area (Å²) in [4.78, 5) is 15.8. The van der Waals surface area contributed by atoms with E-state index in [1.54, 1.807) is 18.2 Å². The Morgan fingerprint density at radius 2 is 0.983 bits per heavy atom. The van der Waals surface area contributed by atoms with Crippen LogP contribution >= 0.6 is 11.8 Å². The van der Waals surface area contributed by atoms with Crippen molar-refractivity contribution in [3.05, 3.63) is 210 Å². The van der Waals surface area contributed by atoms with Gasteiger partial charge in [-0.3, -0.25) is 0 Å². The minimum Gasteiger partial charge on any atom is -0.436 e. The fraction of sp³-hybridized carbons (Fsp3) is 0.0192. The Balaban J connectivity index is 0.988. The third-order valence-corrected chi connectivity index (χ3v) is 12.8. The van der Waals surface area contributed by atoms with Crippen molar-refractivity contribution in [2.24, 2.45) is 0 Å². The van der Waals surface area contributed by atoms with Crippen LogP contribution in [0.15, 0.2) is 195 Å². The average molecular weight is 760 g/mol. The van der Waals surface area contributed by atoms with Crippen molar-refractivity contribution >= 4 is 39.6 Å². The molecule has 12 rings (SSSR count). The smallest absolute Gasteiger partial charge is 0.227 e. The monoisotopic (exact) mass is 759 g/mol. The van der Waals surface area contributed by atoms with Crippen LogP contribution in [-0.4, -0.2) is 9.97 Å². The molecule has 0 radical (unpaired) electrons. The molecule has 0 saturated carbocycles. The normalized spacial score (nSPS) is 13.2. The molecule has 2 aliphatic rings. The van der Waals surface area contributed by atoms with Gasteiger partial charge in [0.05, 0.1) is 17.5 Å². The molecule has 6 heteroatoms. The summed E-state index contributed by atoms with van der Waals surface area (Å²) >= 11 is 1.86. The fourth-order valence-electron chi connectivity index (χ4n) is 9.03. The van der Waals surface area contributed by atoms with E-state index in [4.69, 9.17) is 25.4 Å². The van der Waals surface area contributed by atoms with Gasteiger partial charge >= 0.3 is 0 Å². The molecule has 2 aromatic heterocycles. The topological polar surface area (TPSA) is 56.4 Å². The average Bonchev–Trinajstić information content (AvgIpc) is 4.00. The molecule has 270 valence electrons. The molecule has 0 fully saturated rings. The van der Waals surface area contributed by atoms with Crippen LogP contribution in [-0.2, 0) is 5.41 Å². The van der Waals surface area contributed by atoms with Crippen LogP contribution in [0.4, 0.5) is 5.69 Å². The van der Waals surface area contributed by atoms with E-state index in [0.717, 1.165) is 44.5 Å². The predicted octanol–water partition coefficient (Wildman–Crippen LogP) is 14.0. The Morgan fingerprint density at radius 3 is 1.69 bits per heavy atom. The van der Waals surface area contributed by atoms with Crippen LogP contribution in [0.25, 0.3) is 83.3 Å². The van der Waals surface area contributed by atoms with Crippen molar-refractivity contribution < 1.29 is 8.83 Å². The van der Waals surface area contributed by atoms with Crippen molar-refractivity contribution in [3.8, 4) is 56.3 Å². The maximum atomic E-state index is 7.46. The van der Waals surface area contributed by atoms with Gasteiger partial charge in [0.2, 0.25) is 11.8 Å². The van der Waals surface area contributed by atoms with Crippen LogP contribution < -0.4 is 0 Å². The second kappa shape index (κ2) is 12.5. The molecule has 3 heterocycles. The predicted molar refractivity (Wildman–Crippen MR) is 231 cm³/mol. The SMILES string of the molecule is [C-]#[N+]c1ccc2oc(-c3cc(-c4ccc(-c5ccc6c(c5)C5(c7ccccc7Sc7ccccc75)c5ccccc5-6)cc4)cc(-c4nc5ccccc5o4)c3)nc2c1. The first-order valence-electron chi connectivity index (χ1n) is 19.2. The van der Waals surface area contributed by atoms with E-state index >= 15 is 0 Å². The van der Waals surface area contributed by atoms with E-state index in [9.17, 15) is 0 Å². The zero-order chi connectivity index (χ0) is 38.4. The van der Waals surface area contributed by atoms with Gasteiger partial charge in [0.25, 0.3) is 0 Å². The summed E-state index contributed by atoms with van der Waals surface area (Å²) in [6.07, 6.45) is 0. The number of hydrogen-bond donors (Lipinski definition) is 0. The number of aromatic nitrogens is 2. The lowest BCUT2D eigenvalue weighted by molar-refractivity contribution is 0.617. The number of hydrogen-bond acceptors (Lipinski definition) is 5. The lowest BCUT2D eigenvalue weighted by Crippen LogP contribution is -2.31. The summed E-state index contributed by atoms with van der Waals surface area (Å²) in [5, 5.41) is 0. The Morgan fingerprint density at radius 1 is 0.431 bits per heavy atom. The van der Waals surface area contributed by atoms with E-state index in [2.05, 4.69) is 132 Å². The van der Waals surface area contributed by atoms with Crippen molar-refractivity contribution in [2.75, 3.05) is 0 Å². The summed E-state index contributed by atoms with van der Waals surface area (Å²) < 4.78 is 12.5. The Bertz CT molecular complexity index is 3270. The third-order valence-electron chi connectivity index (χ3n) is 11.6. The van der Waals surface area contributed by atoms with Gasteiger partial charge in [0.1, 0.15) is 5.52 Å². The zero-order valence-electron chi connectivity index (χ0n) is 30.8. The first-order chi connectivity index (χ1) is 28.6. The highest BCUT2D eigenvalue weighted by molar-refractivity contribution is 7.99. The number of para-hydroxylation sites is 2. The van der Waals surface area contributed by atoms with Crippen molar-refractivity contribution in [1.82, 2.24) is 9.97 Å². The molecule has 0 unspecified atom stereocenters. The van der Waals surface area contributed by atoms with Crippen LogP contribution in [0.2, 0.25) is 0 Å². The lowest BCUT2D eigenvalue weighted by atomic mass is 9.67. The second-order valence-electron chi connectivity index (χ2n) is 14.8. The minimum atomic E-state index is -0.427. The number of nitrogens with zero attached hydrogens (tertiary/aromatic N) is 3.